The van der Waals surface area contributed by atoms with Gasteiger partial charge in [-0.15, -0.1) is 0 Å². The number of aliphatic hydroxyl groups excluding tert-OH is 1. The molecule has 1 aromatic rings. The molecule has 1 saturated heterocycles. The minimum atomic E-state index is -0.559. The molecule has 0 saturated carbocycles. The van der Waals surface area contributed by atoms with E-state index >= 15 is 0 Å². The van der Waals surface area contributed by atoms with Gasteiger partial charge in [0.2, 0.25) is 0 Å². The van der Waals surface area contributed by atoms with Crippen molar-refractivity contribution in [3.05, 3.63) is 35.6 Å². The number of rotatable bonds is 5. The fourth-order valence-corrected chi connectivity index (χ4v) is 3.04. The number of aliphatic hydroxyl groups is 1. The molecule has 20 heavy (non-hydrogen) atoms. The summed E-state index contributed by atoms with van der Waals surface area (Å²) < 4.78 is 13.1. The van der Waals surface area contributed by atoms with Crippen LogP contribution in [0.15, 0.2) is 24.3 Å². The monoisotopic (exact) mass is 279 g/mol. The van der Waals surface area contributed by atoms with Crippen LogP contribution >= 0.6 is 0 Å². The summed E-state index contributed by atoms with van der Waals surface area (Å²) in [6.45, 7) is 5.43. The summed E-state index contributed by atoms with van der Waals surface area (Å²) in [6, 6.07) is 6.30. The molecule has 1 aromatic carbocycles. The summed E-state index contributed by atoms with van der Waals surface area (Å²) in [4.78, 5) is 2.44. The standard InChI is InChI=1S/C17H26FNO/c1-2-14-5-4-10-19(11-8-14)12-9-17(20)15-6-3-7-16(18)13-15/h3,6-7,13-14,17,20H,2,4-5,8-12H2,1H3. The van der Waals surface area contributed by atoms with Gasteiger partial charge in [-0.1, -0.05) is 25.5 Å². The molecule has 112 valence electrons. The molecule has 3 heteroatoms. The zero-order valence-electron chi connectivity index (χ0n) is 12.4. The second-order valence-corrected chi connectivity index (χ2v) is 5.91. The van der Waals surface area contributed by atoms with E-state index in [1.54, 1.807) is 12.1 Å². The number of nitrogens with zero attached hydrogens (tertiary/aromatic N) is 1. The van der Waals surface area contributed by atoms with Gasteiger partial charge < -0.3 is 10.0 Å². The van der Waals surface area contributed by atoms with Crippen LogP contribution < -0.4 is 0 Å². The van der Waals surface area contributed by atoms with Crippen molar-refractivity contribution in [3.63, 3.8) is 0 Å². The first-order chi connectivity index (χ1) is 9.69. The molecule has 0 radical (unpaired) electrons. The van der Waals surface area contributed by atoms with Crippen molar-refractivity contribution in [3.8, 4) is 0 Å². The number of likely N-dealkylation sites (tertiary alicyclic amines) is 1. The zero-order chi connectivity index (χ0) is 14.4. The van der Waals surface area contributed by atoms with E-state index in [1.165, 1.54) is 37.8 Å². The minimum Gasteiger partial charge on any atom is -0.388 e. The Bertz CT molecular complexity index is 410. The van der Waals surface area contributed by atoms with Gasteiger partial charge in [-0.3, -0.25) is 0 Å². The first kappa shape index (κ1) is 15.5. The molecule has 1 fully saturated rings. The summed E-state index contributed by atoms with van der Waals surface area (Å²) in [5.74, 6) is 0.593. The second kappa shape index (κ2) is 7.75. The highest BCUT2D eigenvalue weighted by Gasteiger charge is 2.17. The van der Waals surface area contributed by atoms with Crippen molar-refractivity contribution in [1.82, 2.24) is 4.90 Å². The van der Waals surface area contributed by atoms with Gasteiger partial charge in [0.05, 0.1) is 6.10 Å². The van der Waals surface area contributed by atoms with Crippen molar-refractivity contribution in [2.75, 3.05) is 19.6 Å². The molecule has 0 bridgehead atoms. The molecule has 2 atom stereocenters. The average molecular weight is 279 g/mol. The van der Waals surface area contributed by atoms with E-state index in [4.69, 9.17) is 0 Å². The van der Waals surface area contributed by atoms with Crippen LogP contribution in [0.4, 0.5) is 4.39 Å². The predicted molar refractivity (Wildman–Crippen MR) is 80.0 cm³/mol. The van der Waals surface area contributed by atoms with Gasteiger partial charge in [-0.25, -0.2) is 4.39 Å². The summed E-state index contributed by atoms with van der Waals surface area (Å²) in [5, 5.41) is 10.2. The van der Waals surface area contributed by atoms with Gasteiger partial charge in [-0.05, 0) is 62.4 Å². The Morgan fingerprint density at radius 2 is 2.20 bits per heavy atom. The Morgan fingerprint density at radius 1 is 1.35 bits per heavy atom. The van der Waals surface area contributed by atoms with Crippen LogP contribution in [0, 0.1) is 11.7 Å². The Labute approximate surface area is 121 Å². The summed E-state index contributed by atoms with van der Waals surface area (Å²) in [7, 11) is 0. The molecule has 1 aliphatic rings. The fourth-order valence-electron chi connectivity index (χ4n) is 3.04. The summed E-state index contributed by atoms with van der Waals surface area (Å²) in [5.41, 5.74) is 0.686. The van der Waals surface area contributed by atoms with Gasteiger partial charge in [0, 0.05) is 6.54 Å². The molecule has 1 aliphatic heterocycles. The lowest BCUT2D eigenvalue weighted by Crippen LogP contribution is -2.27. The van der Waals surface area contributed by atoms with E-state index in [9.17, 15) is 9.50 Å². The largest absolute Gasteiger partial charge is 0.388 e. The summed E-state index contributed by atoms with van der Waals surface area (Å²) in [6.07, 6.45) is 5.26. The third-order valence-corrected chi connectivity index (χ3v) is 4.47. The number of benzene rings is 1. The topological polar surface area (TPSA) is 23.5 Å². The molecule has 0 amide bonds. The Kier molecular flexibility index (Phi) is 5.99. The molecular formula is C17H26FNO. The van der Waals surface area contributed by atoms with Crippen LogP contribution in [0.2, 0.25) is 0 Å². The molecule has 1 N–H and O–H groups in total. The van der Waals surface area contributed by atoms with E-state index in [0.717, 1.165) is 25.6 Å². The van der Waals surface area contributed by atoms with Crippen LogP contribution in [-0.2, 0) is 0 Å². The van der Waals surface area contributed by atoms with Crippen LogP contribution in [-0.4, -0.2) is 29.6 Å². The van der Waals surface area contributed by atoms with Gasteiger partial charge in [0.15, 0.2) is 0 Å². The van der Waals surface area contributed by atoms with Crippen LogP contribution in [0.3, 0.4) is 0 Å². The Hall–Kier alpha value is -0.930. The number of hydrogen-bond donors (Lipinski definition) is 1. The first-order valence-corrected chi connectivity index (χ1v) is 7.85. The van der Waals surface area contributed by atoms with E-state index in [0.29, 0.717) is 12.0 Å². The quantitative estimate of drug-likeness (QED) is 0.887. The van der Waals surface area contributed by atoms with Crippen molar-refractivity contribution in [1.29, 1.82) is 0 Å². The lowest BCUT2D eigenvalue weighted by atomic mass is 9.98. The van der Waals surface area contributed by atoms with Crippen LogP contribution in [0.5, 0.6) is 0 Å². The van der Waals surface area contributed by atoms with Crippen molar-refractivity contribution < 1.29 is 9.50 Å². The Morgan fingerprint density at radius 3 is 2.95 bits per heavy atom. The van der Waals surface area contributed by atoms with Gasteiger partial charge in [0.25, 0.3) is 0 Å². The van der Waals surface area contributed by atoms with Gasteiger partial charge >= 0.3 is 0 Å². The van der Waals surface area contributed by atoms with E-state index < -0.39 is 6.10 Å². The Balaban J connectivity index is 1.79. The van der Waals surface area contributed by atoms with Crippen LogP contribution in [0.25, 0.3) is 0 Å². The third-order valence-electron chi connectivity index (χ3n) is 4.47. The van der Waals surface area contributed by atoms with E-state index in [-0.39, 0.29) is 5.82 Å². The van der Waals surface area contributed by atoms with Gasteiger partial charge in [0.1, 0.15) is 5.82 Å². The van der Waals surface area contributed by atoms with Crippen molar-refractivity contribution in [2.45, 2.75) is 45.1 Å². The molecule has 0 aromatic heterocycles. The molecule has 1 heterocycles. The maximum atomic E-state index is 13.1. The normalized spacial score (nSPS) is 22.4. The van der Waals surface area contributed by atoms with Gasteiger partial charge in [-0.2, -0.15) is 0 Å². The summed E-state index contributed by atoms with van der Waals surface area (Å²) >= 11 is 0. The third kappa shape index (κ3) is 4.57. The van der Waals surface area contributed by atoms with Crippen molar-refractivity contribution >= 4 is 0 Å². The average Bonchev–Trinajstić information content (AvgIpc) is 2.69. The second-order valence-electron chi connectivity index (χ2n) is 5.91. The van der Waals surface area contributed by atoms with E-state index in [2.05, 4.69) is 11.8 Å². The number of hydrogen-bond acceptors (Lipinski definition) is 2. The molecular weight excluding hydrogens is 253 g/mol. The highest BCUT2D eigenvalue weighted by molar-refractivity contribution is 5.18. The molecule has 2 rings (SSSR count). The fraction of sp³-hybridized carbons (Fsp3) is 0.647. The predicted octanol–water partition coefficient (Wildman–Crippen LogP) is 3.76. The molecule has 2 nitrogen and oxygen atoms in total. The van der Waals surface area contributed by atoms with E-state index in [1.807, 2.05) is 0 Å². The maximum Gasteiger partial charge on any atom is 0.123 e. The smallest absolute Gasteiger partial charge is 0.123 e. The van der Waals surface area contributed by atoms with Crippen molar-refractivity contribution in [2.24, 2.45) is 5.92 Å². The lowest BCUT2D eigenvalue weighted by Gasteiger charge is -2.22. The first-order valence-electron chi connectivity index (χ1n) is 7.85. The highest BCUT2D eigenvalue weighted by Crippen LogP contribution is 2.22. The molecule has 0 spiro atoms. The minimum absolute atomic E-state index is 0.276. The van der Waals surface area contributed by atoms with Crippen LogP contribution in [0.1, 0.15) is 50.7 Å². The molecule has 0 aliphatic carbocycles. The molecule has 2 unspecified atom stereocenters. The zero-order valence-corrected chi connectivity index (χ0v) is 12.4. The highest BCUT2D eigenvalue weighted by atomic mass is 19.1. The number of halogens is 1. The maximum absolute atomic E-state index is 13.1. The SMILES string of the molecule is CCC1CCCN(CCC(O)c2cccc(F)c2)CC1. The lowest BCUT2D eigenvalue weighted by molar-refractivity contribution is 0.142.